The van der Waals surface area contributed by atoms with Crippen LogP contribution in [0.3, 0.4) is 0 Å². The summed E-state index contributed by atoms with van der Waals surface area (Å²) < 4.78 is 28.8. The van der Waals surface area contributed by atoms with E-state index in [4.69, 9.17) is 0 Å². The van der Waals surface area contributed by atoms with Gasteiger partial charge in [-0.1, -0.05) is 0 Å². The summed E-state index contributed by atoms with van der Waals surface area (Å²) in [6.45, 7) is 4.29. The lowest BCUT2D eigenvalue weighted by Gasteiger charge is -2.30. The van der Waals surface area contributed by atoms with Crippen molar-refractivity contribution < 1.29 is 13.2 Å². The highest BCUT2D eigenvalue weighted by atomic mass is 32.2. The molecule has 2 aromatic heterocycles. The van der Waals surface area contributed by atoms with Gasteiger partial charge in [-0.25, -0.2) is 23.4 Å². The summed E-state index contributed by atoms with van der Waals surface area (Å²) in [4.78, 5) is 26.4. The maximum absolute atomic E-state index is 12.9. The quantitative estimate of drug-likeness (QED) is 0.533. The highest BCUT2D eigenvalue weighted by molar-refractivity contribution is 7.99. The van der Waals surface area contributed by atoms with Crippen LogP contribution >= 0.6 is 11.8 Å². The second-order valence-corrected chi connectivity index (χ2v) is 10.9. The van der Waals surface area contributed by atoms with E-state index < -0.39 is 10.0 Å². The highest BCUT2D eigenvalue weighted by Gasteiger charge is 2.33. The molecule has 3 heterocycles. The van der Waals surface area contributed by atoms with Crippen molar-refractivity contribution >= 4 is 33.4 Å². The van der Waals surface area contributed by atoms with Gasteiger partial charge < -0.3 is 9.88 Å². The Balaban J connectivity index is 1.35. The Bertz CT molecular complexity index is 1230. The molecule has 1 aromatic carbocycles. The molecule has 1 aliphatic heterocycles. The van der Waals surface area contributed by atoms with Gasteiger partial charge in [0.05, 0.1) is 0 Å². The Morgan fingerprint density at radius 3 is 2.45 bits per heavy atom. The maximum Gasteiger partial charge on any atom is 0.262 e. The Hall–Kier alpha value is -2.76. The molecular formula is C22H26N6O3S2. The fourth-order valence-corrected chi connectivity index (χ4v) is 5.96. The molecule has 0 bridgehead atoms. The summed E-state index contributed by atoms with van der Waals surface area (Å²) in [5.74, 6) is 0.308. The molecule has 1 amide bonds. The number of aryl methyl sites for hydroxylation is 3. The number of hydrogen-bond acceptors (Lipinski definition) is 7. The molecule has 11 heteroatoms. The van der Waals surface area contributed by atoms with Crippen molar-refractivity contribution in [2.75, 3.05) is 18.4 Å². The zero-order valence-electron chi connectivity index (χ0n) is 18.7. The number of carbonyl (C=O) groups is 1. The Labute approximate surface area is 197 Å². The minimum Gasteiger partial charge on any atom is -0.337 e. The zero-order valence-corrected chi connectivity index (χ0v) is 20.4. The molecule has 1 aliphatic rings. The molecule has 3 aromatic rings. The third-order valence-corrected chi connectivity index (χ3v) is 8.38. The summed E-state index contributed by atoms with van der Waals surface area (Å²) in [5, 5.41) is 3.72. The lowest BCUT2D eigenvalue weighted by atomic mass is 9.97. The van der Waals surface area contributed by atoms with Crippen LogP contribution in [0.15, 0.2) is 57.9 Å². The summed E-state index contributed by atoms with van der Waals surface area (Å²) in [6, 6.07) is 7.56. The number of rotatable bonds is 6. The van der Waals surface area contributed by atoms with Crippen molar-refractivity contribution in [2.45, 2.75) is 41.8 Å². The van der Waals surface area contributed by atoms with Crippen molar-refractivity contribution in [1.29, 1.82) is 0 Å². The number of amides is 1. The van der Waals surface area contributed by atoms with Gasteiger partial charge in [0, 0.05) is 55.2 Å². The monoisotopic (exact) mass is 486 g/mol. The van der Waals surface area contributed by atoms with Gasteiger partial charge in [0.1, 0.15) is 5.82 Å². The minimum atomic E-state index is -3.65. The SMILES string of the molecule is Cc1cc(Sc2ncccn2)ccc1NC(=O)C1CCN(S(=O)(=O)c2cn(C)c(C)n2)CC1. The normalized spacial score (nSPS) is 15.5. The van der Waals surface area contributed by atoms with Crippen molar-refractivity contribution in [3.05, 3.63) is 54.2 Å². The molecule has 0 spiro atoms. The van der Waals surface area contributed by atoms with Gasteiger partial charge in [-0.3, -0.25) is 4.79 Å². The van der Waals surface area contributed by atoms with Crippen LogP contribution in [-0.4, -0.2) is 51.2 Å². The van der Waals surface area contributed by atoms with Gasteiger partial charge in [-0.2, -0.15) is 4.31 Å². The van der Waals surface area contributed by atoms with Crippen LogP contribution in [0.25, 0.3) is 0 Å². The van der Waals surface area contributed by atoms with Crippen molar-refractivity contribution in [3.63, 3.8) is 0 Å². The number of aromatic nitrogens is 4. The van der Waals surface area contributed by atoms with Crippen molar-refractivity contribution in [2.24, 2.45) is 13.0 Å². The molecule has 9 nitrogen and oxygen atoms in total. The number of carbonyl (C=O) groups excluding carboxylic acids is 1. The smallest absolute Gasteiger partial charge is 0.262 e. The molecule has 0 atom stereocenters. The summed E-state index contributed by atoms with van der Waals surface area (Å²) in [7, 11) is -1.89. The number of anilines is 1. The lowest BCUT2D eigenvalue weighted by molar-refractivity contribution is -0.120. The van der Waals surface area contributed by atoms with Crippen LogP contribution in [-0.2, 0) is 21.9 Å². The van der Waals surface area contributed by atoms with E-state index in [0.717, 1.165) is 16.1 Å². The van der Waals surface area contributed by atoms with E-state index in [1.54, 1.807) is 37.0 Å². The molecule has 4 rings (SSSR count). The second kappa shape index (κ2) is 9.62. The second-order valence-electron chi connectivity index (χ2n) is 8.02. The summed E-state index contributed by atoms with van der Waals surface area (Å²) >= 11 is 1.46. The van der Waals surface area contributed by atoms with Gasteiger partial charge in [0.15, 0.2) is 10.2 Å². The van der Waals surface area contributed by atoms with Gasteiger partial charge in [-0.05, 0) is 68.3 Å². The van der Waals surface area contributed by atoms with Crippen LogP contribution < -0.4 is 5.32 Å². The number of piperidine rings is 1. The molecular weight excluding hydrogens is 460 g/mol. The van der Waals surface area contributed by atoms with Crippen molar-refractivity contribution in [1.82, 2.24) is 23.8 Å². The van der Waals surface area contributed by atoms with E-state index >= 15 is 0 Å². The maximum atomic E-state index is 12.9. The van der Waals surface area contributed by atoms with Crippen LogP contribution in [0, 0.1) is 19.8 Å². The standard InChI is InChI=1S/C22H26N6O3S2/c1-15-13-18(32-22-23-9-4-10-24-22)5-6-19(15)26-21(29)17-7-11-28(12-8-17)33(30,31)20-14-27(3)16(2)25-20/h4-6,9-10,13-14,17H,7-8,11-12H2,1-3H3,(H,26,29). The van der Waals surface area contributed by atoms with Gasteiger partial charge in [0.2, 0.25) is 5.91 Å². The van der Waals surface area contributed by atoms with Gasteiger partial charge >= 0.3 is 0 Å². The van der Waals surface area contributed by atoms with Crippen LogP contribution in [0.4, 0.5) is 5.69 Å². The molecule has 0 radical (unpaired) electrons. The summed E-state index contributed by atoms with van der Waals surface area (Å²) in [5.41, 5.74) is 1.69. The first-order chi connectivity index (χ1) is 15.7. The van der Waals surface area contributed by atoms with Crippen LogP contribution in [0.1, 0.15) is 24.2 Å². The first-order valence-electron chi connectivity index (χ1n) is 10.6. The Morgan fingerprint density at radius 1 is 1.15 bits per heavy atom. The highest BCUT2D eigenvalue weighted by Crippen LogP contribution is 2.29. The third-order valence-electron chi connectivity index (χ3n) is 5.72. The average molecular weight is 487 g/mol. The lowest BCUT2D eigenvalue weighted by Crippen LogP contribution is -2.41. The molecule has 1 N–H and O–H groups in total. The molecule has 33 heavy (non-hydrogen) atoms. The number of hydrogen-bond donors (Lipinski definition) is 1. The molecule has 0 unspecified atom stereocenters. The van der Waals surface area contributed by atoms with Gasteiger partial charge in [-0.15, -0.1) is 0 Å². The van der Waals surface area contributed by atoms with E-state index in [0.29, 0.717) is 36.9 Å². The molecule has 1 saturated heterocycles. The first kappa shape index (κ1) is 23.4. The number of nitrogens with zero attached hydrogens (tertiary/aromatic N) is 5. The predicted octanol–water partition coefficient (Wildman–Crippen LogP) is 3.02. The zero-order chi connectivity index (χ0) is 23.6. The van der Waals surface area contributed by atoms with E-state index in [1.807, 2.05) is 25.1 Å². The molecule has 174 valence electrons. The molecule has 0 saturated carbocycles. The Kier molecular flexibility index (Phi) is 6.82. The number of nitrogens with one attached hydrogen (secondary N) is 1. The average Bonchev–Trinajstić information content (AvgIpc) is 3.15. The van der Waals surface area contributed by atoms with Crippen molar-refractivity contribution in [3.8, 4) is 0 Å². The topological polar surface area (TPSA) is 110 Å². The minimum absolute atomic E-state index is 0.0555. The largest absolute Gasteiger partial charge is 0.337 e. The van der Waals surface area contributed by atoms with Crippen LogP contribution in [0.2, 0.25) is 0 Å². The van der Waals surface area contributed by atoms with E-state index in [1.165, 1.54) is 22.3 Å². The first-order valence-corrected chi connectivity index (χ1v) is 12.9. The van der Waals surface area contributed by atoms with E-state index in [9.17, 15) is 13.2 Å². The van der Waals surface area contributed by atoms with Crippen LogP contribution in [0.5, 0.6) is 0 Å². The summed E-state index contributed by atoms with van der Waals surface area (Å²) in [6.07, 6.45) is 5.86. The number of benzene rings is 1. The Morgan fingerprint density at radius 2 is 1.85 bits per heavy atom. The van der Waals surface area contributed by atoms with E-state index in [2.05, 4.69) is 20.3 Å². The van der Waals surface area contributed by atoms with E-state index in [-0.39, 0.29) is 16.9 Å². The number of imidazole rings is 1. The molecule has 1 fully saturated rings. The fraction of sp³-hybridized carbons (Fsp3) is 0.364. The van der Waals surface area contributed by atoms with Gasteiger partial charge in [0.25, 0.3) is 10.0 Å². The third kappa shape index (κ3) is 5.26. The molecule has 0 aliphatic carbocycles. The number of sulfonamides is 1. The predicted molar refractivity (Wildman–Crippen MR) is 125 cm³/mol. The fourth-order valence-electron chi connectivity index (χ4n) is 3.66.